The number of hydrogen-bond acceptors (Lipinski definition) is 8. The minimum Gasteiger partial charge on any atom is -0.489 e. The lowest BCUT2D eigenvalue weighted by atomic mass is 9.82. The summed E-state index contributed by atoms with van der Waals surface area (Å²) >= 11 is 1.71. The minimum absolute atomic E-state index is 0.0442. The van der Waals surface area contributed by atoms with Gasteiger partial charge in [-0.15, -0.1) is 11.3 Å². The van der Waals surface area contributed by atoms with Crippen LogP contribution in [0.15, 0.2) is 48.0 Å². The molecular formula is C30H42N4O4S2. The summed E-state index contributed by atoms with van der Waals surface area (Å²) in [6.45, 7) is 8.11. The van der Waals surface area contributed by atoms with Crippen LogP contribution in [0.25, 0.3) is 10.4 Å². The Hall–Kier alpha value is -2.24. The first-order chi connectivity index (χ1) is 19.1. The van der Waals surface area contributed by atoms with Gasteiger partial charge in [0.15, 0.2) is 0 Å². The van der Waals surface area contributed by atoms with Gasteiger partial charge in [-0.25, -0.2) is 18.1 Å². The van der Waals surface area contributed by atoms with Crippen LogP contribution in [0.3, 0.4) is 0 Å². The molecule has 1 aromatic carbocycles. The van der Waals surface area contributed by atoms with E-state index in [0.29, 0.717) is 13.1 Å². The standard InChI is InChI=1S/C30H42N4O4S2/c1-20(2)38-27-12-13-30(3,17-26(27)31-4)29-32-18-28(39-29)24-9-5-8-23-22(24)10-11-25(23)33-40(36,37)16-15-34-14-6-7-21(35)19-34/h5,8-9,12-13,18,20-21,25,31,33,35H,6-7,10-11,14-17,19H2,1-4H3/t21-,25?,30?/m0/s1. The van der Waals surface area contributed by atoms with Crippen molar-refractivity contribution in [2.24, 2.45) is 0 Å². The summed E-state index contributed by atoms with van der Waals surface area (Å²) in [6, 6.07) is 5.98. The largest absolute Gasteiger partial charge is 0.489 e. The highest BCUT2D eigenvalue weighted by Crippen LogP contribution is 2.44. The summed E-state index contributed by atoms with van der Waals surface area (Å²) in [5.41, 5.74) is 4.23. The maximum atomic E-state index is 13.0. The van der Waals surface area contributed by atoms with Crippen molar-refractivity contribution < 1.29 is 18.3 Å². The molecule has 10 heteroatoms. The Morgan fingerprint density at radius 2 is 2.12 bits per heavy atom. The van der Waals surface area contributed by atoms with E-state index < -0.39 is 10.0 Å². The van der Waals surface area contributed by atoms with Gasteiger partial charge in [0.1, 0.15) is 10.8 Å². The molecule has 1 aliphatic heterocycles. The van der Waals surface area contributed by atoms with Crippen LogP contribution in [0.5, 0.6) is 0 Å². The van der Waals surface area contributed by atoms with Crippen molar-refractivity contribution in [1.29, 1.82) is 0 Å². The molecule has 2 unspecified atom stereocenters. The Bertz CT molecular complexity index is 1380. The lowest BCUT2D eigenvalue weighted by Gasteiger charge is -2.30. The quantitative estimate of drug-likeness (QED) is 0.383. The van der Waals surface area contributed by atoms with Crippen molar-refractivity contribution in [2.45, 2.75) is 76.5 Å². The van der Waals surface area contributed by atoms with Gasteiger partial charge in [-0.1, -0.05) is 24.3 Å². The first kappa shape index (κ1) is 29.3. The Morgan fingerprint density at radius 1 is 1.30 bits per heavy atom. The molecule has 0 radical (unpaired) electrons. The summed E-state index contributed by atoms with van der Waals surface area (Å²) in [5.74, 6) is 0.928. The fourth-order valence-corrected chi connectivity index (χ4v) is 8.41. The molecule has 3 N–H and O–H groups in total. The number of ether oxygens (including phenoxy) is 1. The predicted molar refractivity (Wildman–Crippen MR) is 161 cm³/mol. The molecule has 1 fully saturated rings. The Labute approximate surface area is 242 Å². The molecule has 5 rings (SSSR count). The van der Waals surface area contributed by atoms with Gasteiger partial charge in [0.2, 0.25) is 10.0 Å². The third kappa shape index (κ3) is 6.46. The second-order valence-corrected chi connectivity index (χ2v) is 14.6. The van der Waals surface area contributed by atoms with E-state index in [2.05, 4.69) is 35.2 Å². The van der Waals surface area contributed by atoms with Crippen molar-refractivity contribution in [3.05, 3.63) is 64.1 Å². The molecule has 8 nitrogen and oxygen atoms in total. The topological polar surface area (TPSA) is 104 Å². The van der Waals surface area contributed by atoms with Crippen molar-refractivity contribution in [3.8, 4) is 10.4 Å². The predicted octanol–water partition coefficient (Wildman–Crippen LogP) is 4.25. The first-order valence-electron chi connectivity index (χ1n) is 14.3. The van der Waals surface area contributed by atoms with Crippen LogP contribution in [0.1, 0.15) is 68.6 Å². The van der Waals surface area contributed by atoms with Gasteiger partial charge in [-0.3, -0.25) is 4.90 Å². The number of nitrogens with one attached hydrogen (secondary N) is 2. The van der Waals surface area contributed by atoms with Crippen LogP contribution in [-0.2, 0) is 26.6 Å². The van der Waals surface area contributed by atoms with E-state index >= 15 is 0 Å². The molecule has 218 valence electrons. The zero-order valence-corrected chi connectivity index (χ0v) is 25.6. The second kappa shape index (κ2) is 11.9. The number of sulfonamides is 1. The number of nitrogens with zero attached hydrogens (tertiary/aromatic N) is 2. The Kier molecular flexibility index (Phi) is 8.73. The molecular weight excluding hydrogens is 544 g/mol. The average Bonchev–Trinajstić information content (AvgIpc) is 3.57. The smallest absolute Gasteiger partial charge is 0.213 e. The molecule has 1 saturated heterocycles. The van der Waals surface area contributed by atoms with E-state index in [0.717, 1.165) is 71.1 Å². The van der Waals surface area contributed by atoms with Crippen LogP contribution in [0, 0.1) is 0 Å². The van der Waals surface area contributed by atoms with Crippen LogP contribution >= 0.6 is 11.3 Å². The van der Waals surface area contributed by atoms with E-state index in [1.807, 2.05) is 44.1 Å². The van der Waals surface area contributed by atoms with Crippen LogP contribution in [0.2, 0.25) is 0 Å². The number of aromatic nitrogens is 1. The number of benzene rings is 1. The van der Waals surface area contributed by atoms with Gasteiger partial charge < -0.3 is 15.2 Å². The van der Waals surface area contributed by atoms with Crippen molar-refractivity contribution in [2.75, 3.05) is 32.4 Å². The molecule has 2 aromatic rings. The van der Waals surface area contributed by atoms with E-state index in [-0.39, 0.29) is 29.4 Å². The summed E-state index contributed by atoms with van der Waals surface area (Å²) in [6.07, 6.45) is 10.0. The molecule has 2 aliphatic carbocycles. The number of aliphatic hydroxyl groups excluding tert-OH is 1. The monoisotopic (exact) mass is 586 g/mol. The summed E-state index contributed by atoms with van der Waals surface area (Å²) in [5, 5.41) is 14.3. The lowest BCUT2D eigenvalue weighted by Crippen LogP contribution is -2.42. The average molecular weight is 587 g/mol. The van der Waals surface area contributed by atoms with Gasteiger partial charge in [-0.05, 0) is 75.8 Å². The number of rotatable bonds is 10. The number of aliphatic hydroxyl groups is 1. The number of likely N-dealkylation sites (tertiary alicyclic amines) is 1. The van der Waals surface area contributed by atoms with Gasteiger partial charge in [0.05, 0.1) is 28.5 Å². The second-order valence-electron chi connectivity index (χ2n) is 11.7. The molecule has 1 aromatic heterocycles. The van der Waals surface area contributed by atoms with Gasteiger partial charge in [-0.2, -0.15) is 0 Å². The number of thiazole rings is 1. The van der Waals surface area contributed by atoms with Crippen molar-refractivity contribution in [1.82, 2.24) is 19.9 Å². The van der Waals surface area contributed by atoms with Crippen LogP contribution < -0.4 is 10.0 Å². The highest BCUT2D eigenvalue weighted by atomic mass is 32.2. The number of fused-ring (bicyclic) bond motifs is 1. The molecule has 3 aliphatic rings. The van der Waals surface area contributed by atoms with Crippen molar-refractivity contribution in [3.63, 3.8) is 0 Å². The summed E-state index contributed by atoms with van der Waals surface area (Å²) in [4.78, 5) is 8.01. The van der Waals surface area contributed by atoms with Gasteiger partial charge in [0.25, 0.3) is 0 Å². The van der Waals surface area contributed by atoms with Crippen LogP contribution in [-0.4, -0.2) is 68.1 Å². The molecule has 0 spiro atoms. The fraction of sp³-hybridized carbons (Fsp3) is 0.567. The molecule has 0 bridgehead atoms. The highest BCUT2D eigenvalue weighted by molar-refractivity contribution is 7.89. The minimum atomic E-state index is -3.45. The van der Waals surface area contributed by atoms with Crippen LogP contribution in [0.4, 0.5) is 0 Å². The normalized spacial score (nSPS) is 25.4. The van der Waals surface area contributed by atoms with E-state index in [9.17, 15) is 13.5 Å². The van der Waals surface area contributed by atoms with E-state index in [1.165, 1.54) is 5.56 Å². The third-order valence-electron chi connectivity index (χ3n) is 8.12. The molecule has 3 atom stereocenters. The number of allylic oxidation sites excluding steroid dienone is 3. The Balaban J connectivity index is 1.29. The van der Waals surface area contributed by atoms with Gasteiger partial charge in [0, 0.05) is 44.2 Å². The lowest BCUT2D eigenvalue weighted by molar-refractivity contribution is 0.0740. The zero-order chi connectivity index (χ0) is 28.5. The number of piperidine rings is 1. The van der Waals surface area contributed by atoms with E-state index in [1.54, 1.807) is 11.3 Å². The third-order valence-corrected chi connectivity index (χ3v) is 10.8. The molecule has 40 heavy (non-hydrogen) atoms. The molecule has 0 amide bonds. The summed E-state index contributed by atoms with van der Waals surface area (Å²) in [7, 11) is -1.52. The fourth-order valence-electron chi connectivity index (χ4n) is 6.03. The summed E-state index contributed by atoms with van der Waals surface area (Å²) < 4.78 is 34.9. The maximum Gasteiger partial charge on any atom is 0.213 e. The molecule has 2 heterocycles. The van der Waals surface area contributed by atoms with E-state index in [4.69, 9.17) is 9.72 Å². The molecule has 0 saturated carbocycles. The Morgan fingerprint density at radius 3 is 2.88 bits per heavy atom. The van der Waals surface area contributed by atoms with Crippen molar-refractivity contribution >= 4 is 21.4 Å². The zero-order valence-electron chi connectivity index (χ0n) is 23.9. The number of hydrogen-bond donors (Lipinski definition) is 3. The maximum absolute atomic E-state index is 13.0. The first-order valence-corrected chi connectivity index (χ1v) is 16.8. The highest BCUT2D eigenvalue weighted by Gasteiger charge is 2.34. The SMILES string of the molecule is CNC1=C(OC(C)C)C=CC(C)(c2ncc(-c3cccc4c3CCC4NS(=O)(=O)CCN3CCC[C@H](O)C3)s2)C1. The van der Waals surface area contributed by atoms with Gasteiger partial charge >= 0.3 is 0 Å². The number of β-amino-alcohol motifs (C(OH)–C–C–N with tert-alkyl or cyclic N) is 1.